The number of benzene rings is 2. The molecule has 0 fully saturated rings. The molecule has 8 heteroatoms. The largest absolute Gasteiger partial charge is 0.493 e. The molecule has 2 aromatic rings. The lowest BCUT2D eigenvalue weighted by atomic mass is 10.2. The molecule has 0 unspecified atom stereocenters. The molecule has 2 aromatic carbocycles. The van der Waals surface area contributed by atoms with Crippen LogP contribution in [0.1, 0.15) is 35.7 Å². The number of methoxy groups -OCH3 is 1. The molecule has 0 heterocycles. The lowest BCUT2D eigenvalue weighted by Gasteiger charge is -2.12. The molecule has 0 aromatic heterocycles. The van der Waals surface area contributed by atoms with E-state index < -0.39 is 15.9 Å². The third-order valence-corrected chi connectivity index (χ3v) is 4.61. The third kappa shape index (κ3) is 6.71. The minimum absolute atomic E-state index is 0.231. The van der Waals surface area contributed by atoms with Gasteiger partial charge in [0.15, 0.2) is 11.5 Å². The number of amides is 1. The Labute approximate surface area is 165 Å². The molecule has 1 amide bonds. The van der Waals surface area contributed by atoms with Gasteiger partial charge in [-0.05, 0) is 36.3 Å². The zero-order valence-corrected chi connectivity index (χ0v) is 16.7. The third-order valence-electron chi connectivity index (χ3n) is 3.73. The van der Waals surface area contributed by atoms with E-state index in [9.17, 15) is 13.2 Å². The number of sulfonamides is 1. The average Bonchev–Trinajstić information content (AvgIpc) is 2.72. The van der Waals surface area contributed by atoms with Gasteiger partial charge in [-0.15, -0.1) is 4.83 Å². The van der Waals surface area contributed by atoms with Gasteiger partial charge in [-0.1, -0.05) is 43.7 Å². The monoisotopic (exact) mass is 404 g/mol. The Balaban J connectivity index is 1.99. The van der Waals surface area contributed by atoms with Crippen LogP contribution in [0.15, 0.2) is 53.9 Å². The SMILES string of the molecule is CCCCOc1ccc(C(=O)NNS(=O)(=O)/C=C/c2ccccc2)cc1OC. The summed E-state index contributed by atoms with van der Waals surface area (Å²) in [4.78, 5) is 14.3. The van der Waals surface area contributed by atoms with E-state index in [0.717, 1.165) is 23.8 Å². The molecular weight excluding hydrogens is 380 g/mol. The van der Waals surface area contributed by atoms with Crippen LogP contribution < -0.4 is 19.7 Å². The van der Waals surface area contributed by atoms with E-state index in [4.69, 9.17) is 9.47 Å². The van der Waals surface area contributed by atoms with E-state index in [1.807, 2.05) is 10.9 Å². The highest BCUT2D eigenvalue weighted by molar-refractivity contribution is 7.92. The first-order chi connectivity index (χ1) is 13.4. The molecule has 0 spiro atoms. The second-order valence-corrected chi connectivity index (χ2v) is 7.45. The van der Waals surface area contributed by atoms with E-state index in [0.29, 0.717) is 18.1 Å². The van der Waals surface area contributed by atoms with Crippen LogP contribution in [-0.4, -0.2) is 28.0 Å². The van der Waals surface area contributed by atoms with Gasteiger partial charge in [-0.25, -0.2) is 8.42 Å². The minimum atomic E-state index is -3.84. The van der Waals surface area contributed by atoms with E-state index in [2.05, 4.69) is 12.3 Å². The Morgan fingerprint density at radius 3 is 2.54 bits per heavy atom. The summed E-state index contributed by atoms with van der Waals surface area (Å²) in [5, 5.41) is 0.980. The maximum Gasteiger partial charge on any atom is 0.266 e. The average molecular weight is 404 g/mol. The van der Waals surface area contributed by atoms with Gasteiger partial charge in [0.05, 0.1) is 13.7 Å². The van der Waals surface area contributed by atoms with Gasteiger partial charge in [0, 0.05) is 11.0 Å². The molecule has 7 nitrogen and oxygen atoms in total. The Hall–Kier alpha value is -2.84. The zero-order valence-electron chi connectivity index (χ0n) is 15.8. The molecule has 0 saturated carbocycles. The van der Waals surface area contributed by atoms with Crippen molar-refractivity contribution in [1.29, 1.82) is 0 Å². The fourth-order valence-electron chi connectivity index (χ4n) is 2.21. The van der Waals surface area contributed by atoms with Crippen LogP contribution >= 0.6 is 0 Å². The molecule has 2 rings (SSSR count). The molecule has 0 aliphatic carbocycles. The highest BCUT2D eigenvalue weighted by atomic mass is 32.2. The second-order valence-electron chi connectivity index (χ2n) is 5.88. The van der Waals surface area contributed by atoms with Crippen molar-refractivity contribution in [2.24, 2.45) is 0 Å². The van der Waals surface area contributed by atoms with Crippen LogP contribution in [0, 0.1) is 0 Å². The van der Waals surface area contributed by atoms with Gasteiger partial charge in [0.1, 0.15) is 0 Å². The molecular formula is C20H24N2O5S. The van der Waals surface area contributed by atoms with Crippen molar-refractivity contribution < 1.29 is 22.7 Å². The van der Waals surface area contributed by atoms with E-state index in [-0.39, 0.29) is 5.56 Å². The highest BCUT2D eigenvalue weighted by Gasteiger charge is 2.13. The summed E-state index contributed by atoms with van der Waals surface area (Å²) < 4.78 is 34.9. The van der Waals surface area contributed by atoms with Gasteiger partial charge in [0.2, 0.25) is 0 Å². The van der Waals surface area contributed by atoms with Crippen LogP contribution in [0.5, 0.6) is 11.5 Å². The predicted molar refractivity (Wildman–Crippen MR) is 108 cm³/mol. The van der Waals surface area contributed by atoms with Crippen molar-refractivity contribution in [3.8, 4) is 11.5 Å². The molecule has 0 radical (unpaired) electrons. The maximum atomic E-state index is 12.2. The molecule has 0 atom stereocenters. The number of unbranched alkanes of at least 4 members (excludes halogenated alkanes) is 1. The second kappa shape index (κ2) is 10.5. The summed E-state index contributed by atoms with van der Waals surface area (Å²) >= 11 is 0. The van der Waals surface area contributed by atoms with Crippen molar-refractivity contribution in [3.63, 3.8) is 0 Å². The molecule has 0 bridgehead atoms. The van der Waals surface area contributed by atoms with Crippen LogP contribution in [0.4, 0.5) is 0 Å². The number of hydrogen-bond donors (Lipinski definition) is 2. The van der Waals surface area contributed by atoms with E-state index >= 15 is 0 Å². The number of carbonyl (C=O) groups is 1. The quantitative estimate of drug-likeness (QED) is 0.469. The molecule has 2 N–H and O–H groups in total. The van der Waals surface area contributed by atoms with Crippen molar-refractivity contribution in [2.75, 3.05) is 13.7 Å². The fourth-order valence-corrected chi connectivity index (χ4v) is 2.85. The van der Waals surface area contributed by atoms with Crippen LogP contribution in [0.3, 0.4) is 0 Å². The summed E-state index contributed by atoms with van der Waals surface area (Å²) in [6.45, 7) is 2.61. The molecule has 28 heavy (non-hydrogen) atoms. The Kier molecular flexibility index (Phi) is 8.03. The first kappa shape index (κ1) is 21.5. The van der Waals surface area contributed by atoms with Crippen molar-refractivity contribution in [1.82, 2.24) is 10.3 Å². The number of nitrogens with one attached hydrogen (secondary N) is 2. The minimum Gasteiger partial charge on any atom is -0.493 e. The van der Waals surface area contributed by atoms with Crippen LogP contribution in [0.2, 0.25) is 0 Å². The Morgan fingerprint density at radius 2 is 1.86 bits per heavy atom. The van der Waals surface area contributed by atoms with Crippen molar-refractivity contribution in [3.05, 3.63) is 65.1 Å². The lowest BCUT2D eigenvalue weighted by Crippen LogP contribution is -2.40. The van der Waals surface area contributed by atoms with Gasteiger partial charge < -0.3 is 9.47 Å². The van der Waals surface area contributed by atoms with Crippen LogP contribution in [0.25, 0.3) is 6.08 Å². The number of carbonyl (C=O) groups excluding carboxylic acids is 1. The molecule has 150 valence electrons. The number of rotatable bonds is 10. The predicted octanol–water partition coefficient (Wildman–Crippen LogP) is 3.11. The zero-order chi connectivity index (χ0) is 20.4. The lowest BCUT2D eigenvalue weighted by molar-refractivity contribution is 0.0945. The van der Waals surface area contributed by atoms with Crippen LogP contribution in [-0.2, 0) is 10.0 Å². The first-order valence-corrected chi connectivity index (χ1v) is 10.4. The maximum absolute atomic E-state index is 12.2. The smallest absolute Gasteiger partial charge is 0.266 e. The topological polar surface area (TPSA) is 93.7 Å². The summed E-state index contributed by atoms with van der Waals surface area (Å²) in [6, 6.07) is 13.6. The van der Waals surface area contributed by atoms with Gasteiger partial charge in [0.25, 0.3) is 15.9 Å². The Bertz CT molecular complexity index is 911. The van der Waals surface area contributed by atoms with E-state index in [1.165, 1.54) is 25.3 Å². The Morgan fingerprint density at radius 1 is 1.11 bits per heavy atom. The normalized spacial score (nSPS) is 11.4. The number of hydrogen-bond acceptors (Lipinski definition) is 5. The van der Waals surface area contributed by atoms with Crippen molar-refractivity contribution in [2.45, 2.75) is 19.8 Å². The summed E-state index contributed by atoms with van der Waals surface area (Å²) in [6.07, 6.45) is 3.34. The standard InChI is InChI=1S/C20H24N2O5S/c1-3-4-13-27-18-11-10-17(15-19(18)26-2)20(23)21-22-28(24,25)14-12-16-8-6-5-7-9-16/h5-12,14-15,22H,3-4,13H2,1-2H3,(H,21,23)/b14-12+. The van der Waals surface area contributed by atoms with Gasteiger partial charge in [-0.2, -0.15) is 0 Å². The van der Waals surface area contributed by atoms with Gasteiger partial charge >= 0.3 is 0 Å². The first-order valence-electron chi connectivity index (χ1n) is 8.81. The van der Waals surface area contributed by atoms with Crippen molar-refractivity contribution >= 4 is 22.0 Å². The fraction of sp³-hybridized carbons (Fsp3) is 0.250. The summed E-state index contributed by atoms with van der Waals surface area (Å²) in [7, 11) is -2.37. The summed E-state index contributed by atoms with van der Waals surface area (Å²) in [5.74, 6) is 0.310. The highest BCUT2D eigenvalue weighted by Crippen LogP contribution is 2.28. The molecule has 0 aliphatic heterocycles. The molecule has 0 aliphatic rings. The number of ether oxygens (including phenoxy) is 2. The summed E-state index contributed by atoms with van der Waals surface area (Å²) in [5.41, 5.74) is 3.13. The number of hydrazine groups is 1. The van der Waals surface area contributed by atoms with Gasteiger partial charge in [-0.3, -0.25) is 10.2 Å². The van der Waals surface area contributed by atoms with E-state index in [1.54, 1.807) is 30.3 Å². The molecule has 0 saturated heterocycles.